The van der Waals surface area contributed by atoms with Crippen molar-refractivity contribution in [3.63, 3.8) is 0 Å². The van der Waals surface area contributed by atoms with Gasteiger partial charge in [0.2, 0.25) is 0 Å². The Bertz CT molecular complexity index is 930. The van der Waals surface area contributed by atoms with Crippen LogP contribution in [0.4, 0.5) is 0 Å². The first-order chi connectivity index (χ1) is 17.1. The molecule has 0 saturated carbocycles. The van der Waals surface area contributed by atoms with E-state index in [1.807, 2.05) is 0 Å². The summed E-state index contributed by atoms with van der Waals surface area (Å²) in [5, 5.41) is 52.6. The highest BCUT2D eigenvalue weighted by atomic mass is 16.6. The Balaban J connectivity index is 2.96. The number of hydrogen-bond acceptors (Lipinski definition) is 9. The van der Waals surface area contributed by atoms with Gasteiger partial charge in [-0.15, -0.1) is 0 Å². The van der Waals surface area contributed by atoms with Crippen LogP contribution in [0.1, 0.15) is 41.5 Å². The summed E-state index contributed by atoms with van der Waals surface area (Å²) in [6.07, 6.45) is 3.30. The molecule has 11 heteroatoms. The van der Waals surface area contributed by atoms with Crippen LogP contribution in [0.25, 0.3) is 0 Å². The van der Waals surface area contributed by atoms with Crippen molar-refractivity contribution >= 4 is 17.8 Å². The van der Waals surface area contributed by atoms with Gasteiger partial charge in [0, 0.05) is 6.08 Å². The number of carbonyl (C=O) groups excluding carboxylic acids is 2. The van der Waals surface area contributed by atoms with Gasteiger partial charge < -0.3 is 40.3 Å². The highest BCUT2D eigenvalue weighted by molar-refractivity contribution is 5.87. The number of aliphatic hydroxyl groups is 4. The number of hydrogen-bond donors (Lipinski definition) is 6. The van der Waals surface area contributed by atoms with Crippen LogP contribution in [0, 0.1) is 5.92 Å². The lowest BCUT2D eigenvalue weighted by molar-refractivity contribution is -0.171. The number of aliphatic carboxylic acids is 1. The summed E-state index contributed by atoms with van der Waals surface area (Å²) in [7, 11) is 0. The second-order valence-corrected chi connectivity index (χ2v) is 9.71. The molecule has 37 heavy (non-hydrogen) atoms. The molecule has 0 aromatic carbocycles. The molecule has 0 bridgehead atoms. The van der Waals surface area contributed by atoms with E-state index in [1.165, 1.54) is 25.2 Å². The molecule has 0 aliphatic carbocycles. The largest absolute Gasteiger partial charge is 0.478 e. The summed E-state index contributed by atoms with van der Waals surface area (Å²) in [6.45, 7) is 9.55. The molecular weight excluding hydrogens is 486 g/mol. The maximum atomic E-state index is 13.0. The van der Waals surface area contributed by atoms with E-state index in [-0.39, 0.29) is 0 Å². The van der Waals surface area contributed by atoms with Crippen molar-refractivity contribution in [1.82, 2.24) is 5.32 Å². The Morgan fingerprint density at radius 3 is 2.16 bits per heavy atom. The third-order valence-corrected chi connectivity index (χ3v) is 6.13. The van der Waals surface area contributed by atoms with E-state index in [4.69, 9.17) is 14.6 Å². The van der Waals surface area contributed by atoms with Crippen molar-refractivity contribution < 1.29 is 49.4 Å². The second kappa shape index (κ2) is 13.6. The van der Waals surface area contributed by atoms with Gasteiger partial charge in [0.05, 0.1) is 6.61 Å². The van der Waals surface area contributed by atoms with E-state index in [0.717, 1.165) is 13.0 Å². The summed E-state index contributed by atoms with van der Waals surface area (Å²) in [5.41, 5.74) is -2.72. The van der Waals surface area contributed by atoms with Gasteiger partial charge in [-0.05, 0) is 45.3 Å². The SMILES string of the molecule is C/C=C(\C)C(O)C(C)(O)C(O)C(O)C(=O)NC(C(=O)O[C@H](C=CC=C/C=C/C(=O)O)C1(C)CO1)C(C)C. The molecule has 0 aromatic heterocycles. The van der Waals surface area contributed by atoms with E-state index in [2.05, 4.69) is 5.32 Å². The zero-order valence-corrected chi connectivity index (χ0v) is 22.0. The van der Waals surface area contributed by atoms with Crippen molar-refractivity contribution in [2.75, 3.05) is 6.61 Å². The minimum absolute atomic E-state index is 0.322. The van der Waals surface area contributed by atoms with E-state index >= 15 is 0 Å². The van der Waals surface area contributed by atoms with E-state index in [0.29, 0.717) is 12.2 Å². The molecule has 1 amide bonds. The number of aliphatic hydroxyl groups excluding tert-OH is 3. The number of esters is 1. The Morgan fingerprint density at radius 1 is 1.11 bits per heavy atom. The highest BCUT2D eigenvalue weighted by Gasteiger charge is 2.49. The number of rotatable bonds is 14. The number of nitrogens with one attached hydrogen (secondary N) is 1. The molecule has 7 atom stereocenters. The van der Waals surface area contributed by atoms with Gasteiger partial charge in [-0.3, -0.25) is 4.79 Å². The third-order valence-electron chi connectivity index (χ3n) is 6.13. The van der Waals surface area contributed by atoms with Crippen molar-refractivity contribution in [3.05, 3.63) is 48.1 Å². The first-order valence-electron chi connectivity index (χ1n) is 11.9. The molecule has 1 aliphatic heterocycles. The highest BCUT2D eigenvalue weighted by Crippen LogP contribution is 2.33. The predicted molar refractivity (Wildman–Crippen MR) is 134 cm³/mol. The Morgan fingerprint density at radius 2 is 1.68 bits per heavy atom. The van der Waals surface area contributed by atoms with Crippen molar-refractivity contribution in [2.24, 2.45) is 5.92 Å². The molecular formula is C26H39NO10. The topological polar surface area (TPSA) is 186 Å². The number of carboxylic acid groups (broad SMARTS) is 1. The van der Waals surface area contributed by atoms with Crippen molar-refractivity contribution in [3.8, 4) is 0 Å². The fourth-order valence-electron chi connectivity index (χ4n) is 3.26. The summed E-state index contributed by atoms with van der Waals surface area (Å²) in [5.74, 6) is -3.52. The zero-order valence-electron chi connectivity index (χ0n) is 22.0. The number of ether oxygens (including phenoxy) is 2. The number of carboxylic acids is 1. The lowest BCUT2D eigenvalue weighted by Crippen LogP contribution is -2.60. The quantitative estimate of drug-likeness (QED) is 0.0609. The maximum absolute atomic E-state index is 13.0. The summed E-state index contributed by atoms with van der Waals surface area (Å²) < 4.78 is 11.0. The predicted octanol–water partition coefficient (Wildman–Crippen LogP) is 0.381. The first-order valence-corrected chi connectivity index (χ1v) is 11.9. The average Bonchev–Trinajstić information content (AvgIpc) is 3.59. The van der Waals surface area contributed by atoms with Crippen LogP contribution in [0.3, 0.4) is 0 Å². The lowest BCUT2D eigenvalue weighted by atomic mass is 9.85. The monoisotopic (exact) mass is 525 g/mol. The minimum atomic E-state index is -2.26. The maximum Gasteiger partial charge on any atom is 0.329 e. The average molecular weight is 526 g/mol. The molecule has 1 saturated heterocycles. The number of allylic oxidation sites excluding steroid dienone is 5. The van der Waals surface area contributed by atoms with E-state index in [1.54, 1.807) is 45.9 Å². The minimum Gasteiger partial charge on any atom is -0.478 e. The van der Waals surface area contributed by atoms with Gasteiger partial charge in [-0.25, -0.2) is 9.59 Å². The van der Waals surface area contributed by atoms with Gasteiger partial charge in [0.1, 0.15) is 29.5 Å². The summed E-state index contributed by atoms with van der Waals surface area (Å²) >= 11 is 0. The smallest absolute Gasteiger partial charge is 0.329 e. The number of epoxide rings is 1. The Hall–Kier alpha value is -2.83. The first kappa shape index (κ1) is 32.2. The molecule has 6 unspecified atom stereocenters. The van der Waals surface area contributed by atoms with Crippen LogP contribution < -0.4 is 5.32 Å². The second-order valence-electron chi connectivity index (χ2n) is 9.71. The standard InChI is InChI=1S/C26H39NO10/c1-7-16(4)21(31)26(6,35)22(32)20(30)23(33)27-19(15(2)3)24(34)37-17(25(5)14-36-25)12-10-8-9-11-13-18(28)29/h7-13,15,17,19-22,30-32,35H,14H2,1-6H3,(H,27,33)(H,28,29)/b9-8?,12-10?,13-11+,16-7+/t17-,19?,20?,21?,22?,25?,26?/m1/s1. The van der Waals surface area contributed by atoms with Gasteiger partial charge in [0.15, 0.2) is 12.2 Å². The molecule has 0 spiro atoms. The molecule has 6 N–H and O–H groups in total. The summed E-state index contributed by atoms with van der Waals surface area (Å²) in [6, 6.07) is -1.21. The van der Waals surface area contributed by atoms with Crippen LogP contribution in [-0.2, 0) is 23.9 Å². The van der Waals surface area contributed by atoms with Gasteiger partial charge in [0.25, 0.3) is 5.91 Å². The number of carbonyl (C=O) groups is 3. The van der Waals surface area contributed by atoms with Crippen LogP contribution in [-0.4, -0.2) is 91.6 Å². The van der Waals surface area contributed by atoms with Gasteiger partial charge in [-0.2, -0.15) is 0 Å². The van der Waals surface area contributed by atoms with E-state index < -0.39 is 65.4 Å². The molecule has 0 radical (unpaired) electrons. The Kier molecular flexibility index (Phi) is 11.9. The van der Waals surface area contributed by atoms with Crippen molar-refractivity contribution in [1.29, 1.82) is 0 Å². The Labute approximate surface area is 216 Å². The molecule has 0 aromatic rings. The zero-order chi connectivity index (χ0) is 28.6. The molecule has 208 valence electrons. The fraction of sp³-hybridized carbons (Fsp3) is 0.577. The van der Waals surface area contributed by atoms with Crippen LogP contribution >= 0.6 is 0 Å². The van der Waals surface area contributed by atoms with Crippen LogP contribution in [0.2, 0.25) is 0 Å². The number of amides is 1. The summed E-state index contributed by atoms with van der Waals surface area (Å²) in [4.78, 5) is 36.2. The van der Waals surface area contributed by atoms with Gasteiger partial charge >= 0.3 is 11.9 Å². The normalized spacial score (nSPS) is 24.0. The lowest BCUT2D eigenvalue weighted by Gasteiger charge is -2.36. The fourth-order valence-corrected chi connectivity index (χ4v) is 3.26. The van der Waals surface area contributed by atoms with E-state index in [9.17, 15) is 34.8 Å². The molecule has 1 rings (SSSR count). The van der Waals surface area contributed by atoms with Crippen LogP contribution in [0.15, 0.2) is 48.1 Å². The van der Waals surface area contributed by atoms with Crippen molar-refractivity contribution in [2.45, 2.75) is 83.2 Å². The van der Waals surface area contributed by atoms with Gasteiger partial charge in [-0.1, -0.05) is 44.2 Å². The molecule has 1 heterocycles. The van der Waals surface area contributed by atoms with Crippen LogP contribution in [0.5, 0.6) is 0 Å². The molecule has 1 aliphatic rings. The molecule has 1 fully saturated rings. The molecule has 11 nitrogen and oxygen atoms in total. The third kappa shape index (κ3) is 9.20.